The topological polar surface area (TPSA) is 69.6 Å². The fraction of sp³-hybridized carbons (Fsp3) is 0.385. The van der Waals surface area contributed by atoms with Gasteiger partial charge in [0.15, 0.2) is 0 Å². The van der Waals surface area contributed by atoms with Gasteiger partial charge in [0, 0.05) is 12.1 Å². The van der Waals surface area contributed by atoms with Crippen molar-refractivity contribution in [1.82, 2.24) is 10.2 Å². The van der Waals surface area contributed by atoms with E-state index in [9.17, 15) is 9.59 Å². The van der Waals surface area contributed by atoms with Crippen LogP contribution in [0.1, 0.15) is 25.5 Å². The Hall–Kier alpha value is -1.75. The number of carboxylic acids is 1. The summed E-state index contributed by atoms with van der Waals surface area (Å²) in [4.78, 5) is 23.8. The lowest BCUT2D eigenvalue weighted by atomic mass is 10.1. The van der Waals surface area contributed by atoms with Gasteiger partial charge in [0.1, 0.15) is 6.04 Å². The second-order valence-electron chi connectivity index (χ2n) is 4.35. The lowest BCUT2D eigenvalue weighted by Gasteiger charge is -2.24. The summed E-state index contributed by atoms with van der Waals surface area (Å²) in [5, 5.41) is 12.2. The van der Waals surface area contributed by atoms with Crippen molar-refractivity contribution in [3.63, 3.8) is 0 Å². The molecule has 2 atom stereocenters. The van der Waals surface area contributed by atoms with Crippen LogP contribution >= 0.6 is 11.6 Å². The van der Waals surface area contributed by atoms with E-state index in [1.807, 2.05) is 19.1 Å². The molecule has 6 heteroatoms. The average molecular weight is 285 g/mol. The molecule has 0 saturated carbocycles. The molecule has 2 amide bonds. The molecule has 19 heavy (non-hydrogen) atoms. The number of carbonyl (C=O) groups excluding carboxylic acids is 1. The Labute approximate surface area is 117 Å². The molecular weight excluding hydrogens is 268 g/mol. The molecule has 0 spiro atoms. The summed E-state index contributed by atoms with van der Waals surface area (Å²) in [5.74, 6) is -1.04. The van der Waals surface area contributed by atoms with E-state index >= 15 is 0 Å². The van der Waals surface area contributed by atoms with Crippen LogP contribution in [0.15, 0.2) is 24.3 Å². The van der Waals surface area contributed by atoms with Gasteiger partial charge in [-0.15, -0.1) is 0 Å². The average Bonchev–Trinajstić information content (AvgIpc) is 2.37. The number of aliphatic carboxylic acids is 1. The maximum absolute atomic E-state index is 11.9. The van der Waals surface area contributed by atoms with Gasteiger partial charge in [-0.25, -0.2) is 9.59 Å². The molecule has 2 unspecified atom stereocenters. The molecule has 0 aliphatic carbocycles. The second kappa shape index (κ2) is 6.43. The van der Waals surface area contributed by atoms with Crippen molar-refractivity contribution in [2.24, 2.45) is 0 Å². The summed E-state index contributed by atoms with van der Waals surface area (Å²) in [7, 11) is 1.45. The maximum Gasteiger partial charge on any atom is 0.326 e. The van der Waals surface area contributed by atoms with Gasteiger partial charge >= 0.3 is 12.0 Å². The molecule has 5 nitrogen and oxygen atoms in total. The van der Waals surface area contributed by atoms with E-state index in [0.717, 1.165) is 10.5 Å². The second-order valence-corrected chi connectivity index (χ2v) is 4.78. The van der Waals surface area contributed by atoms with Crippen molar-refractivity contribution in [2.45, 2.75) is 25.9 Å². The first kappa shape index (κ1) is 15.3. The van der Waals surface area contributed by atoms with Crippen LogP contribution in [0.4, 0.5) is 4.79 Å². The molecule has 0 heterocycles. The van der Waals surface area contributed by atoms with Crippen LogP contribution in [0.25, 0.3) is 0 Å². The SMILES string of the molecule is CC(NC(=O)N(C)C(C)C(=O)O)c1ccc(Cl)cc1. The summed E-state index contributed by atoms with van der Waals surface area (Å²) in [5.41, 5.74) is 0.897. The highest BCUT2D eigenvalue weighted by Gasteiger charge is 2.22. The van der Waals surface area contributed by atoms with Gasteiger partial charge in [-0.2, -0.15) is 0 Å². The quantitative estimate of drug-likeness (QED) is 0.892. The van der Waals surface area contributed by atoms with E-state index in [1.54, 1.807) is 12.1 Å². The van der Waals surface area contributed by atoms with Crippen molar-refractivity contribution < 1.29 is 14.7 Å². The van der Waals surface area contributed by atoms with Crippen molar-refractivity contribution in [1.29, 1.82) is 0 Å². The first-order valence-electron chi connectivity index (χ1n) is 5.84. The van der Waals surface area contributed by atoms with E-state index in [4.69, 9.17) is 16.7 Å². The summed E-state index contributed by atoms with van der Waals surface area (Å²) in [6.45, 7) is 3.27. The molecule has 1 aromatic rings. The van der Waals surface area contributed by atoms with Crippen LogP contribution < -0.4 is 5.32 Å². The highest BCUT2D eigenvalue weighted by Crippen LogP contribution is 2.16. The van der Waals surface area contributed by atoms with Crippen LogP contribution in [-0.2, 0) is 4.79 Å². The number of rotatable bonds is 4. The van der Waals surface area contributed by atoms with E-state index in [0.29, 0.717) is 5.02 Å². The number of urea groups is 1. The molecule has 0 fully saturated rings. The highest BCUT2D eigenvalue weighted by atomic mass is 35.5. The Morgan fingerprint density at radius 1 is 1.26 bits per heavy atom. The third kappa shape index (κ3) is 4.13. The molecule has 104 valence electrons. The Morgan fingerprint density at radius 2 is 1.79 bits per heavy atom. The standard InChI is InChI=1S/C13H17ClN2O3/c1-8(10-4-6-11(14)7-5-10)15-13(19)16(3)9(2)12(17)18/h4-9H,1-3H3,(H,15,19)(H,17,18). The van der Waals surface area contributed by atoms with Gasteiger partial charge in [0.05, 0.1) is 6.04 Å². The number of likely N-dealkylation sites (N-methyl/N-ethyl adjacent to an activating group) is 1. The Balaban J connectivity index is 2.66. The number of carboxylic acid groups (broad SMARTS) is 1. The predicted molar refractivity (Wildman–Crippen MR) is 73.3 cm³/mol. The van der Waals surface area contributed by atoms with Crippen molar-refractivity contribution in [3.8, 4) is 0 Å². The zero-order chi connectivity index (χ0) is 14.6. The van der Waals surface area contributed by atoms with Gasteiger partial charge < -0.3 is 15.3 Å². The summed E-state index contributed by atoms with van der Waals surface area (Å²) in [6, 6.07) is 5.57. The Kier molecular flexibility index (Phi) is 5.18. The fourth-order valence-corrected chi connectivity index (χ4v) is 1.59. The number of hydrogen-bond donors (Lipinski definition) is 2. The first-order chi connectivity index (χ1) is 8.82. The molecule has 1 rings (SSSR count). The van der Waals surface area contributed by atoms with Gasteiger partial charge in [-0.3, -0.25) is 0 Å². The molecule has 0 aromatic heterocycles. The number of halogens is 1. The Bertz CT molecular complexity index is 461. The van der Waals surface area contributed by atoms with E-state index in [-0.39, 0.29) is 6.04 Å². The van der Waals surface area contributed by atoms with Gasteiger partial charge in [0.2, 0.25) is 0 Å². The van der Waals surface area contributed by atoms with Crippen LogP contribution in [0.5, 0.6) is 0 Å². The molecule has 0 radical (unpaired) electrons. The smallest absolute Gasteiger partial charge is 0.326 e. The minimum Gasteiger partial charge on any atom is -0.480 e. The number of amides is 2. The van der Waals surface area contributed by atoms with Crippen molar-refractivity contribution in [2.75, 3.05) is 7.05 Å². The largest absolute Gasteiger partial charge is 0.480 e. The lowest BCUT2D eigenvalue weighted by molar-refractivity contribution is -0.141. The monoisotopic (exact) mass is 284 g/mol. The molecule has 0 aliphatic heterocycles. The van der Waals surface area contributed by atoms with Gasteiger partial charge in [-0.05, 0) is 31.5 Å². The van der Waals surface area contributed by atoms with E-state index < -0.39 is 18.0 Å². The minimum absolute atomic E-state index is 0.229. The predicted octanol–water partition coefficient (Wildman–Crippen LogP) is 2.52. The lowest BCUT2D eigenvalue weighted by Crippen LogP contribution is -2.46. The molecule has 1 aromatic carbocycles. The first-order valence-corrected chi connectivity index (χ1v) is 6.22. The fourth-order valence-electron chi connectivity index (χ4n) is 1.46. The van der Waals surface area contributed by atoms with Crippen LogP contribution in [-0.4, -0.2) is 35.1 Å². The number of benzene rings is 1. The maximum atomic E-state index is 11.9. The molecule has 0 bridgehead atoms. The molecule has 2 N–H and O–H groups in total. The van der Waals surface area contributed by atoms with E-state index in [2.05, 4.69) is 5.32 Å². The van der Waals surface area contributed by atoms with Crippen LogP contribution in [0.2, 0.25) is 5.02 Å². The molecule has 0 aliphatic rings. The summed E-state index contributed by atoms with van der Waals surface area (Å²) >= 11 is 5.79. The van der Waals surface area contributed by atoms with Gasteiger partial charge in [0.25, 0.3) is 0 Å². The normalized spacial score (nSPS) is 13.5. The third-order valence-corrected chi connectivity index (χ3v) is 3.22. The summed E-state index contributed by atoms with van der Waals surface area (Å²) < 4.78 is 0. The zero-order valence-corrected chi connectivity index (χ0v) is 11.8. The van der Waals surface area contributed by atoms with Gasteiger partial charge in [-0.1, -0.05) is 23.7 Å². The minimum atomic E-state index is -1.04. The number of carbonyl (C=O) groups is 2. The van der Waals surface area contributed by atoms with Crippen molar-refractivity contribution in [3.05, 3.63) is 34.9 Å². The summed E-state index contributed by atoms with van der Waals surface area (Å²) in [6.07, 6.45) is 0. The molecule has 0 saturated heterocycles. The zero-order valence-electron chi connectivity index (χ0n) is 11.1. The molecular formula is C13H17ClN2O3. The van der Waals surface area contributed by atoms with Crippen LogP contribution in [0.3, 0.4) is 0 Å². The van der Waals surface area contributed by atoms with Crippen LogP contribution in [0, 0.1) is 0 Å². The van der Waals surface area contributed by atoms with E-state index in [1.165, 1.54) is 14.0 Å². The number of hydrogen-bond acceptors (Lipinski definition) is 2. The van der Waals surface area contributed by atoms with Crippen molar-refractivity contribution >= 4 is 23.6 Å². The highest BCUT2D eigenvalue weighted by molar-refractivity contribution is 6.30. The number of nitrogens with one attached hydrogen (secondary N) is 1. The third-order valence-electron chi connectivity index (χ3n) is 2.97. The number of nitrogens with zero attached hydrogens (tertiary/aromatic N) is 1. The Morgan fingerprint density at radius 3 is 2.26 bits per heavy atom.